The van der Waals surface area contributed by atoms with Crippen LogP contribution in [0.25, 0.3) is 10.9 Å². The number of nitrogens with zero attached hydrogens (tertiary/aromatic N) is 2. The van der Waals surface area contributed by atoms with Gasteiger partial charge in [-0.3, -0.25) is 9.69 Å². The van der Waals surface area contributed by atoms with Crippen LogP contribution in [-0.2, 0) is 11.3 Å². The van der Waals surface area contributed by atoms with Gasteiger partial charge < -0.3 is 5.32 Å². The van der Waals surface area contributed by atoms with E-state index in [1.165, 1.54) is 17.3 Å². The fourth-order valence-electron chi connectivity index (χ4n) is 3.60. The zero-order valence-corrected chi connectivity index (χ0v) is 16.9. The highest BCUT2D eigenvalue weighted by atomic mass is 32.2. The Labute approximate surface area is 170 Å². The van der Waals surface area contributed by atoms with Crippen molar-refractivity contribution in [1.82, 2.24) is 15.2 Å². The lowest BCUT2D eigenvalue weighted by Gasteiger charge is -2.18. The molecule has 1 saturated heterocycles. The molecule has 144 valence electrons. The first kappa shape index (κ1) is 19.0. The van der Waals surface area contributed by atoms with Crippen molar-refractivity contribution in [3.8, 4) is 0 Å². The number of benzene rings is 2. The van der Waals surface area contributed by atoms with Crippen molar-refractivity contribution < 1.29 is 4.79 Å². The molecule has 0 aliphatic carbocycles. The molecule has 3 aromatic rings. The normalized spacial score (nSPS) is 18.2. The number of amides is 1. The van der Waals surface area contributed by atoms with Gasteiger partial charge in [0.25, 0.3) is 0 Å². The van der Waals surface area contributed by atoms with Crippen LogP contribution in [0.2, 0.25) is 0 Å². The predicted molar refractivity (Wildman–Crippen MR) is 115 cm³/mol. The second-order valence-corrected chi connectivity index (χ2v) is 8.68. The smallest absolute Gasteiger partial charge is 0.233 e. The third-order valence-corrected chi connectivity index (χ3v) is 6.14. The standard InChI is InChI=1S/C23H25N3OS/c1-17(28-22-12-11-19-9-5-6-10-21(19)25-22)23(27)24-20-13-14-26(16-20)15-18-7-3-2-4-8-18/h2-12,17,20H,13-16H2,1H3,(H,24,27). The number of para-hydroxylation sites is 1. The molecular weight excluding hydrogens is 366 g/mol. The monoisotopic (exact) mass is 391 g/mol. The highest BCUT2D eigenvalue weighted by Crippen LogP contribution is 2.24. The molecule has 0 saturated carbocycles. The Morgan fingerprint density at radius 2 is 1.93 bits per heavy atom. The summed E-state index contributed by atoms with van der Waals surface area (Å²) in [5, 5.41) is 5.06. The van der Waals surface area contributed by atoms with E-state index in [0.717, 1.165) is 42.0 Å². The highest BCUT2D eigenvalue weighted by molar-refractivity contribution is 8.00. The van der Waals surface area contributed by atoms with Crippen molar-refractivity contribution in [3.63, 3.8) is 0 Å². The summed E-state index contributed by atoms with van der Waals surface area (Å²) in [4.78, 5) is 19.7. The molecule has 2 heterocycles. The van der Waals surface area contributed by atoms with E-state index in [0.29, 0.717) is 0 Å². The summed E-state index contributed by atoms with van der Waals surface area (Å²) in [6, 6.07) is 22.8. The van der Waals surface area contributed by atoms with Crippen LogP contribution in [-0.4, -0.2) is 40.2 Å². The van der Waals surface area contributed by atoms with Crippen LogP contribution in [0.5, 0.6) is 0 Å². The van der Waals surface area contributed by atoms with Crippen LogP contribution in [0.4, 0.5) is 0 Å². The quantitative estimate of drug-likeness (QED) is 0.643. The molecule has 0 radical (unpaired) electrons. The first-order valence-electron chi connectivity index (χ1n) is 9.76. The molecule has 1 fully saturated rings. The fourth-order valence-corrected chi connectivity index (χ4v) is 4.44. The minimum Gasteiger partial charge on any atom is -0.351 e. The van der Waals surface area contributed by atoms with Crippen LogP contribution in [0.1, 0.15) is 18.9 Å². The molecular formula is C23H25N3OS. The third-order valence-electron chi connectivity index (χ3n) is 5.11. The number of pyridine rings is 1. The number of rotatable bonds is 6. The largest absolute Gasteiger partial charge is 0.351 e. The van der Waals surface area contributed by atoms with Crippen molar-refractivity contribution in [2.24, 2.45) is 0 Å². The van der Waals surface area contributed by atoms with Gasteiger partial charge in [0, 0.05) is 31.1 Å². The number of nitrogens with one attached hydrogen (secondary N) is 1. The third kappa shape index (κ3) is 4.72. The molecule has 1 aliphatic rings. The van der Waals surface area contributed by atoms with E-state index >= 15 is 0 Å². The average molecular weight is 392 g/mol. The molecule has 5 heteroatoms. The summed E-state index contributed by atoms with van der Waals surface area (Å²) in [7, 11) is 0. The second kappa shape index (κ2) is 8.76. The zero-order chi connectivity index (χ0) is 19.3. The second-order valence-electron chi connectivity index (χ2n) is 7.32. The molecule has 0 bridgehead atoms. The lowest BCUT2D eigenvalue weighted by Crippen LogP contribution is -2.40. The molecule has 0 spiro atoms. The van der Waals surface area contributed by atoms with Gasteiger partial charge in [-0.2, -0.15) is 0 Å². The molecule has 4 rings (SSSR count). The molecule has 4 nitrogen and oxygen atoms in total. The van der Waals surface area contributed by atoms with Gasteiger partial charge in [-0.1, -0.05) is 66.4 Å². The molecule has 28 heavy (non-hydrogen) atoms. The number of carbonyl (C=O) groups is 1. The fraction of sp³-hybridized carbons (Fsp3) is 0.304. The Balaban J connectivity index is 1.29. The summed E-state index contributed by atoms with van der Waals surface area (Å²) in [6.45, 7) is 4.83. The number of hydrogen-bond donors (Lipinski definition) is 1. The first-order valence-corrected chi connectivity index (χ1v) is 10.6. The van der Waals surface area contributed by atoms with Gasteiger partial charge in [-0.15, -0.1) is 0 Å². The van der Waals surface area contributed by atoms with Gasteiger partial charge in [0.1, 0.15) is 0 Å². The molecule has 1 N–H and O–H groups in total. The van der Waals surface area contributed by atoms with Gasteiger partial charge in [0.05, 0.1) is 15.8 Å². The number of carbonyl (C=O) groups excluding carboxylic acids is 1. The number of hydrogen-bond acceptors (Lipinski definition) is 4. The predicted octanol–water partition coefficient (Wildman–Crippen LogP) is 4.11. The van der Waals surface area contributed by atoms with Crippen molar-refractivity contribution in [2.75, 3.05) is 13.1 Å². The first-order chi connectivity index (χ1) is 13.7. The van der Waals surface area contributed by atoms with Crippen LogP contribution in [0, 0.1) is 0 Å². The Bertz CT molecular complexity index is 947. The minimum atomic E-state index is -0.170. The van der Waals surface area contributed by atoms with E-state index in [2.05, 4.69) is 45.5 Å². The molecule has 2 atom stereocenters. The topological polar surface area (TPSA) is 45.2 Å². The Hall–Kier alpha value is -2.37. The van der Waals surface area contributed by atoms with Gasteiger partial charge in [0.15, 0.2) is 0 Å². The van der Waals surface area contributed by atoms with E-state index < -0.39 is 0 Å². The van der Waals surface area contributed by atoms with Crippen LogP contribution < -0.4 is 5.32 Å². The maximum absolute atomic E-state index is 12.7. The Kier molecular flexibility index (Phi) is 5.93. The van der Waals surface area contributed by atoms with Crippen LogP contribution >= 0.6 is 11.8 Å². The van der Waals surface area contributed by atoms with E-state index in [9.17, 15) is 4.79 Å². The molecule has 1 aromatic heterocycles. The number of aromatic nitrogens is 1. The average Bonchev–Trinajstić information content (AvgIpc) is 3.15. The summed E-state index contributed by atoms with van der Waals surface area (Å²) in [5.41, 5.74) is 2.29. The summed E-state index contributed by atoms with van der Waals surface area (Å²) >= 11 is 1.52. The van der Waals surface area contributed by atoms with E-state index in [1.54, 1.807) is 0 Å². The zero-order valence-electron chi connectivity index (χ0n) is 16.0. The van der Waals surface area contributed by atoms with Crippen molar-refractivity contribution in [1.29, 1.82) is 0 Å². The minimum absolute atomic E-state index is 0.0894. The van der Waals surface area contributed by atoms with E-state index in [4.69, 9.17) is 0 Å². The SMILES string of the molecule is CC(Sc1ccc2ccccc2n1)C(=O)NC1CCN(Cc2ccccc2)C1. The van der Waals surface area contributed by atoms with Gasteiger partial charge >= 0.3 is 0 Å². The van der Waals surface area contributed by atoms with E-state index in [-0.39, 0.29) is 17.2 Å². The summed E-state index contributed by atoms with van der Waals surface area (Å²) < 4.78 is 0. The van der Waals surface area contributed by atoms with Gasteiger partial charge in [0.2, 0.25) is 5.91 Å². The van der Waals surface area contributed by atoms with Crippen LogP contribution in [0.3, 0.4) is 0 Å². The summed E-state index contributed by atoms with van der Waals surface area (Å²) in [5.74, 6) is 0.0894. The Morgan fingerprint density at radius 3 is 2.79 bits per heavy atom. The van der Waals surface area contributed by atoms with Gasteiger partial charge in [-0.25, -0.2) is 4.98 Å². The van der Waals surface area contributed by atoms with E-state index in [1.807, 2.05) is 43.3 Å². The van der Waals surface area contributed by atoms with Gasteiger partial charge in [-0.05, 0) is 31.0 Å². The van der Waals surface area contributed by atoms with Crippen molar-refractivity contribution in [3.05, 3.63) is 72.3 Å². The maximum Gasteiger partial charge on any atom is 0.233 e. The summed E-state index contributed by atoms with van der Waals surface area (Å²) in [6.07, 6.45) is 1.00. The maximum atomic E-state index is 12.7. The number of thioether (sulfide) groups is 1. The Morgan fingerprint density at radius 1 is 1.14 bits per heavy atom. The van der Waals surface area contributed by atoms with Crippen LogP contribution in [0.15, 0.2) is 71.8 Å². The molecule has 2 unspecified atom stereocenters. The number of fused-ring (bicyclic) bond motifs is 1. The lowest BCUT2D eigenvalue weighted by atomic mass is 10.2. The lowest BCUT2D eigenvalue weighted by molar-refractivity contribution is -0.120. The molecule has 1 amide bonds. The molecule has 1 aliphatic heterocycles. The van der Waals surface area contributed by atoms with Crippen molar-refractivity contribution in [2.45, 2.75) is 36.2 Å². The molecule has 2 aromatic carbocycles. The number of likely N-dealkylation sites (tertiary alicyclic amines) is 1. The van der Waals surface area contributed by atoms with Crippen molar-refractivity contribution >= 4 is 28.6 Å². The highest BCUT2D eigenvalue weighted by Gasteiger charge is 2.26.